The van der Waals surface area contributed by atoms with Crippen LogP contribution in [0, 0.1) is 4.78 Å². The molecular formula is C4H10NOS-. The average Bonchev–Trinajstić information content (AvgIpc) is 1.61. The lowest BCUT2D eigenvalue weighted by atomic mass is 10.4. The lowest BCUT2D eigenvalue weighted by Gasteiger charge is -1.93. The number of hydrogen-bond acceptors (Lipinski definition) is 3. The van der Waals surface area contributed by atoms with Gasteiger partial charge in [-0.1, -0.05) is 25.5 Å². The fraction of sp³-hybridized carbons (Fsp3) is 1.00. The summed E-state index contributed by atoms with van der Waals surface area (Å²) >= 11 is 0. The van der Waals surface area contributed by atoms with Crippen LogP contribution in [0.3, 0.4) is 0 Å². The second-order valence-corrected chi connectivity index (χ2v) is 2.50. The van der Waals surface area contributed by atoms with E-state index in [-0.39, 0.29) is 0 Å². The summed E-state index contributed by atoms with van der Waals surface area (Å²) in [6, 6.07) is 0. The molecule has 7 heavy (non-hydrogen) atoms. The van der Waals surface area contributed by atoms with Crippen LogP contribution in [0.5, 0.6) is 0 Å². The number of rotatable bonds is 3. The normalized spacial score (nSPS) is 10.0. The summed E-state index contributed by atoms with van der Waals surface area (Å²) in [5.74, 6) is 0.538. The van der Waals surface area contributed by atoms with E-state index in [1.165, 1.54) is 0 Å². The minimum atomic E-state index is -1.32. The largest absolute Gasteiger partial charge is 0.445 e. The SMILES string of the molecule is CCCC[S-](=N)=O. The lowest BCUT2D eigenvalue weighted by Crippen LogP contribution is -1.80. The zero-order valence-corrected chi connectivity index (χ0v) is 5.25. The summed E-state index contributed by atoms with van der Waals surface area (Å²) in [4.78, 5) is 0. The van der Waals surface area contributed by atoms with Crippen LogP contribution in [0.1, 0.15) is 19.8 Å². The van der Waals surface area contributed by atoms with Crippen LogP contribution in [0.4, 0.5) is 0 Å². The number of hydrogen-bond donors (Lipinski definition) is 1. The fourth-order valence-electron chi connectivity index (χ4n) is 0.275. The molecule has 0 aliphatic carbocycles. The van der Waals surface area contributed by atoms with Crippen molar-refractivity contribution in [3.05, 3.63) is 0 Å². The zero-order chi connectivity index (χ0) is 5.70. The molecule has 0 atom stereocenters. The molecule has 0 aromatic heterocycles. The molecule has 0 unspecified atom stereocenters. The van der Waals surface area contributed by atoms with Gasteiger partial charge in [0.25, 0.3) is 0 Å². The molecule has 1 N–H and O–H groups in total. The molecule has 44 valence electrons. The van der Waals surface area contributed by atoms with Crippen molar-refractivity contribution in [2.75, 3.05) is 5.75 Å². The Balaban J connectivity index is 2.98. The van der Waals surface area contributed by atoms with Gasteiger partial charge in [-0.25, -0.2) is 0 Å². The van der Waals surface area contributed by atoms with Gasteiger partial charge in [0, 0.05) is 0 Å². The van der Waals surface area contributed by atoms with Crippen LogP contribution in [-0.2, 0) is 14.8 Å². The van der Waals surface area contributed by atoms with Crippen molar-refractivity contribution >= 4 is 10.6 Å². The van der Waals surface area contributed by atoms with E-state index in [9.17, 15) is 4.21 Å². The van der Waals surface area contributed by atoms with Gasteiger partial charge in [0.05, 0.1) is 0 Å². The van der Waals surface area contributed by atoms with Crippen LogP contribution in [0.25, 0.3) is 0 Å². The van der Waals surface area contributed by atoms with E-state index < -0.39 is 10.6 Å². The first-order valence-electron chi connectivity index (χ1n) is 2.37. The van der Waals surface area contributed by atoms with Gasteiger partial charge >= 0.3 is 0 Å². The predicted molar refractivity (Wildman–Crippen MR) is 30.5 cm³/mol. The molecule has 2 nitrogen and oxygen atoms in total. The maximum absolute atomic E-state index is 9.98. The summed E-state index contributed by atoms with van der Waals surface area (Å²) in [7, 11) is -1.32. The molecular weight excluding hydrogens is 110 g/mol. The van der Waals surface area contributed by atoms with Gasteiger partial charge < -0.3 is 8.99 Å². The quantitative estimate of drug-likeness (QED) is 0.563. The third-order valence-corrected chi connectivity index (χ3v) is 1.34. The van der Waals surface area contributed by atoms with Crippen molar-refractivity contribution in [2.45, 2.75) is 19.8 Å². The van der Waals surface area contributed by atoms with E-state index in [4.69, 9.17) is 4.78 Å². The Hall–Kier alpha value is -0.0500. The van der Waals surface area contributed by atoms with Crippen LogP contribution in [0.2, 0.25) is 0 Å². The first kappa shape index (κ1) is 6.95. The highest BCUT2D eigenvalue weighted by Gasteiger charge is 1.70. The summed E-state index contributed by atoms with van der Waals surface area (Å²) < 4.78 is 16.5. The van der Waals surface area contributed by atoms with Crippen LogP contribution in [-0.4, -0.2) is 5.75 Å². The highest BCUT2D eigenvalue weighted by atomic mass is 32.2. The molecule has 0 saturated carbocycles. The van der Waals surface area contributed by atoms with E-state index in [2.05, 4.69) is 0 Å². The monoisotopic (exact) mass is 120 g/mol. The van der Waals surface area contributed by atoms with Crippen molar-refractivity contribution in [2.24, 2.45) is 0 Å². The Morgan fingerprint density at radius 3 is 2.43 bits per heavy atom. The minimum absolute atomic E-state index is 0.538. The number of nitrogens with one attached hydrogen (secondary N) is 1. The molecule has 0 amide bonds. The third-order valence-electron chi connectivity index (χ3n) is 0.683. The molecule has 0 aliphatic heterocycles. The van der Waals surface area contributed by atoms with E-state index >= 15 is 0 Å². The van der Waals surface area contributed by atoms with Crippen LogP contribution in [0.15, 0.2) is 0 Å². The van der Waals surface area contributed by atoms with Crippen molar-refractivity contribution in [1.29, 1.82) is 4.78 Å². The summed E-state index contributed by atoms with van der Waals surface area (Å²) in [6.07, 6.45) is 1.95. The van der Waals surface area contributed by atoms with Gasteiger partial charge in [-0.3, -0.25) is 0 Å². The van der Waals surface area contributed by atoms with Crippen molar-refractivity contribution in [1.82, 2.24) is 0 Å². The molecule has 0 rings (SSSR count). The van der Waals surface area contributed by atoms with Crippen LogP contribution < -0.4 is 0 Å². The Bertz CT molecular complexity index is 89.9. The maximum atomic E-state index is 9.98. The third kappa shape index (κ3) is 5.95. The minimum Gasteiger partial charge on any atom is -0.445 e. The summed E-state index contributed by atoms with van der Waals surface area (Å²) in [5, 5.41) is 0. The average molecular weight is 120 g/mol. The second kappa shape index (κ2) is 4.12. The summed E-state index contributed by atoms with van der Waals surface area (Å²) in [5.41, 5.74) is 0. The zero-order valence-electron chi connectivity index (χ0n) is 4.44. The summed E-state index contributed by atoms with van der Waals surface area (Å²) in [6.45, 7) is 2.02. The highest BCUT2D eigenvalue weighted by Crippen LogP contribution is 1.84. The molecule has 0 fully saturated rings. The Morgan fingerprint density at radius 2 is 2.29 bits per heavy atom. The maximum Gasteiger partial charge on any atom is -0.0578 e. The topological polar surface area (TPSA) is 40.9 Å². The van der Waals surface area contributed by atoms with Crippen LogP contribution >= 0.6 is 0 Å². The molecule has 0 aromatic rings. The molecule has 0 heterocycles. The lowest BCUT2D eigenvalue weighted by molar-refractivity contribution is 0.597. The first-order valence-corrected chi connectivity index (χ1v) is 3.69. The van der Waals surface area contributed by atoms with Gasteiger partial charge in [-0.15, -0.1) is 0 Å². The molecule has 0 spiro atoms. The Kier molecular flexibility index (Phi) is 4.09. The molecule has 0 bridgehead atoms. The molecule has 0 aliphatic rings. The molecule has 0 aromatic carbocycles. The van der Waals surface area contributed by atoms with Gasteiger partial charge in [0.2, 0.25) is 0 Å². The first-order chi connectivity index (χ1) is 3.27. The van der Waals surface area contributed by atoms with Gasteiger partial charge in [-0.05, 0) is 0 Å². The van der Waals surface area contributed by atoms with Crippen molar-refractivity contribution in [3.63, 3.8) is 0 Å². The number of unbranched alkanes of at least 4 members (excludes halogenated alkanes) is 1. The van der Waals surface area contributed by atoms with E-state index in [1.807, 2.05) is 6.92 Å². The van der Waals surface area contributed by atoms with E-state index in [0.29, 0.717) is 5.75 Å². The highest BCUT2D eigenvalue weighted by molar-refractivity contribution is 7.73. The van der Waals surface area contributed by atoms with Crippen molar-refractivity contribution < 1.29 is 4.21 Å². The predicted octanol–water partition coefficient (Wildman–Crippen LogP) is 1.51. The molecule has 3 heteroatoms. The molecule has 0 radical (unpaired) electrons. The van der Waals surface area contributed by atoms with E-state index in [1.54, 1.807) is 0 Å². The van der Waals surface area contributed by atoms with Gasteiger partial charge in [0.1, 0.15) is 0 Å². The Labute approximate surface area is 45.9 Å². The van der Waals surface area contributed by atoms with Gasteiger partial charge in [0.15, 0.2) is 0 Å². The second-order valence-electron chi connectivity index (χ2n) is 1.40. The van der Waals surface area contributed by atoms with Gasteiger partial charge in [-0.2, -0.15) is 10.6 Å². The molecule has 0 saturated heterocycles. The Morgan fingerprint density at radius 1 is 1.71 bits per heavy atom. The van der Waals surface area contributed by atoms with E-state index in [0.717, 1.165) is 12.8 Å². The fourth-order valence-corrected chi connectivity index (χ4v) is 0.826. The van der Waals surface area contributed by atoms with Crippen molar-refractivity contribution in [3.8, 4) is 0 Å². The smallest absolute Gasteiger partial charge is 0.0578 e. The standard InChI is InChI=1S/C4H10NOS/c1-2-3-4-7(5)6/h5H,2-4H2,1H3/q-1.